The van der Waals surface area contributed by atoms with Gasteiger partial charge in [-0.15, -0.1) is 0 Å². The Balaban J connectivity index is 1.43. The van der Waals surface area contributed by atoms with E-state index >= 15 is 0 Å². The van der Waals surface area contributed by atoms with Gasteiger partial charge in [0.25, 0.3) is 0 Å². The van der Waals surface area contributed by atoms with E-state index in [4.69, 9.17) is 5.73 Å². The molecule has 2 fully saturated rings. The van der Waals surface area contributed by atoms with E-state index in [2.05, 4.69) is 36.5 Å². The van der Waals surface area contributed by atoms with Crippen molar-refractivity contribution in [1.82, 2.24) is 10.2 Å². The Hall–Kier alpha value is -1.88. The van der Waals surface area contributed by atoms with Gasteiger partial charge >= 0.3 is 0 Å². The maximum Gasteiger partial charge on any atom is 0.223 e. The third kappa shape index (κ3) is 5.34. The maximum atomic E-state index is 12.8. The number of likely N-dealkylation sites (tertiary alicyclic amines) is 1. The molecule has 28 heavy (non-hydrogen) atoms. The number of aryl methyl sites for hydroxylation is 1. The van der Waals surface area contributed by atoms with Crippen LogP contribution in [0.5, 0.6) is 0 Å². The number of benzene rings is 1. The molecule has 1 aromatic carbocycles. The van der Waals surface area contributed by atoms with Gasteiger partial charge in [-0.1, -0.05) is 49.1 Å². The summed E-state index contributed by atoms with van der Waals surface area (Å²) >= 11 is 0. The maximum absolute atomic E-state index is 12.8. The molecule has 0 spiro atoms. The lowest BCUT2D eigenvalue weighted by atomic mass is 9.71. The molecule has 3 N–H and O–H groups in total. The summed E-state index contributed by atoms with van der Waals surface area (Å²) in [5.74, 6) is 0.344. The lowest BCUT2D eigenvalue weighted by Gasteiger charge is -2.38. The molecule has 1 heterocycles. The van der Waals surface area contributed by atoms with Crippen molar-refractivity contribution in [1.29, 1.82) is 0 Å². The summed E-state index contributed by atoms with van der Waals surface area (Å²) in [6.45, 7) is 4.60. The quantitative estimate of drug-likeness (QED) is 0.790. The van der Waals surface area contributed by atoms with Crippen molar-refractivity contribution in [3.05, 3.63) is 35.4 Å². The number of amides is 2. The van der Waals surface area contributed by atoms with Crippen LogP contribution in [0, 0.1) is 18.3 Å². The van der Waals surface area contributed by atoms with E-state index in [0.717, 1.165) is 31.2 Å². The van der Waals surface area contributed by atoms with Crippen molar-refractivity contribution in [2.24, 2.45) is 17.1 Å². The molecule has 0 unspecified atom stereocenters. The molecule has 5 heteroatoms. The second-order valence-electron chi connectivity index (χ2n) is 8.80. The molecule has 1 aromatic rings. The fourth-order valence-corrected chi connectivity index (χ4v) is 4.62. The average Bonchev–Trinajstić information content (AvgIpc) is 2.74. The van der Waals surface area contributed by atoms with Gasteiger partial charge < -0.3 is 16.0 Å². The van der Waals surface area contributed by atoms with E-state index in [0.29, 0.717) is 32.6 Å². The zero-order valence-electron chi connectivity index (χ0n) is 17.2. The zero-order chi connectivity index (χ0) is 20.0. The van der Waals surface area contributed by atoms with Crippen LogP contribution in [0.3, 0.4) is 0 Å². The molecule has 154 valence electrons. The third-order valence-corrected chi connectivity index (χ3v) is 6.68. The highest BCUT2D eigenvalue weighted by atomic mass is 16.2. The number of nitrogens with one attached hydrogen (secondary N) is 1. The van der Waals surface area contributed by atoms with Crippen LogP contribution < -0.4 is 11.1 Å². The highest BCUT2D eigenvalue weighted by Crippen LogP contribution is 2.39. The van der Waals surface area contributed by atoms with E-state index in [1.807, 2.05) is 4.90 Å². The van der Waals surface area contributed by atoms with Gasteiger partial charge in [-0.25, -0.2) is 0 Å². The van der Waals surface area contributed by atoms with E-state index < -0.39 is 0 Å². The number of nitrogens with zero attached hydrogens (tertiary/aromatic N) is 1. The van der Waals surface area contributed by atoms with Crippen LogP contribution in [0.25, 0.3) is 0 Å². The Morgan fingerprint density at radius 1 is 1.11 bits per heavy atom. The zero-order valence-corrected chi connectivity index (χ0v) is 17.2. The number of rotatable bonds is 6. The summed E-state index contributed by atoms with van der Waals surface area (Å²) in [7, 11) is 0. The first-order valence-electron chi connectivity index (χ1n) is 10.8. The normalized spacial score (nSPS) is 20.0. The number of hydrogen-bond donors (Lipinski definition) is 2. The van der Waals surface area contributed by atoms with Gasteiger partial charge in [0.1, 0.15) is 0 Å². The van der Waals surface area contributed by atoms with Crippen LogP contribution in [0.15, 0.2) is 24.3 Å². The van der Waals surface area contributed by atoms with E-state index in [1.165, 1.54) is 24.8 Å². The first-order chi connectivity index (χ1) is 13.5. The van der Waals surface area contributed by atoms with Crippen molar-refractivity contribution in [2.45, 2.75) is 64.8 Å². The first kappa shape index (κ1) is 20.8. The van der Waals surface area contributed by atoms with Crippen LogP contribution in [-0.4, -0.2) is 36.3 Å². The number of piperidine rings is 1. The minimum Gasteiger partial charge on any atom is -0.352 e. The molecule has 1 aliphatic carbocycles. The second kappa shape index (κ2) is 9.55. The number of hydrogen-bond acceptors (Lipinski definition) is 3. The molecule has 1 saturated heterocycles. The second-order valence-corrected chi connectivity index (χ2v) is 8.80. The first-order valence-corrected chi connectivity index (χ1v) is 10.8. The standard InChI is InChI=1S/C23H35N3O2/c1-18-5-7-19(8-6-18)16-25-22(28)20-9-13-26(14-10-20)21(27)15-23(17-24)11-3-2-4-12-23/h5-8,20H,2-4,9-17,24H2,1H3,(H,25,28). The van der Waals surface area contributed by atoms with E-state index in [1.54, 1.807) is 0 Å². The molecule has 0 atom stereocenters. The molecule has 1 aliphatic heterocycles. The molecule has 0 radical (unpaired) electrons. The minimum absolute atomic E-state index is 0.00708. The molecule has 0 aromatic heterocycles. The van der Waals surface area contributed by atoms with E-state index in [-0.39, 0.29) is 23.1 Å². The van der Waals surface area contributed by atoms with Crippen LogP contribution in [-0.2, 0) is 16.1 Å². The summed E-state index contributed by atoms with van der Waals surface area (Å²) in [4.78, 5) is 27.3. The summed E-state index contributed by atoms with van der Waals surface area (Å²) in [5.41, 5.74) is 8.39. The van der Waals surface area contributed by atoms with Gasteiger partial charge in [0.15, 0.2) is 0 Å². The Morgan fingerprint density at radius 3 is 2.36 bits per heavy atom. The third-order valence-electron chi connectivity index (χ3n) is 6.68. The molecule has 3 rings (SSSR count). The summed E-state index contributed by atoms with van der Waals surface area (Å²) in [6.07, 6.45) is 7.87. The Morgan fingerprint density at radius 2 is 1.75 bits per heavy atom. The monoisotopic (exact) mass is 385 g/mol. The van der Waals surface area contributed by atoms with Crippen LogP contribution in [0.1, 0.15) is 62.5 Å². The van der Waals surface area contributed by atoms with Crippen LogP contribution in [0.4, 0.5) is 0 Å². The highest BCUT2D eigenvalue weighted by molar-refractivity contribution is 5.80. The molecule has 2 aliphatic rings. The lowest BCUT2D eigenvalue weighted by molar-refractivity contribution is -0.138. The SMILES string of the molecule is Cc1ccc(CNC(=O)C2CCN(C(=O)CC3(CN)CCCCC3)CC2)cc1. The average molecular weight is 386 g/mol. The Labute approximate surface area is 169 Å². The predicted octanol–water partition coefficient (Wildman–Crippen LogP) is 3.15. The topological polar surface area (TPSA) is 75.4 Å². The lowest BCUT2D eigenvalue weighted by Crippen LogP contribution is -2.45. The predicted molar refractivity (Wildman–Crippen MR) is 112 cm³/mol. The number of carbonyl (C=O) groups excluding carboxylic acids is 2. The van der Waals surface area contributed by atoms with Gasteiger partial charge in [0.2, 0.25) is 11.8 Å². The molecular weight excluding hydrogens is 350 g/mol. The van der Waals surface area contributed by atoms with E-state index in [9.17, 15) is 9.59 Å². The largest absolute Gasteiger partial charge is 0.352 e. The summed E-state index contributed by atoms with van der Waals surface area (Å²) in [6, 6.07) is 8.23. The highest BCUT2D eigenvalue weighted by Gasteiger charge is 2.35. The Kier molecular flexibility index (Phi) is 7.11. The summed E-state index contributed by atoms with van der Waals surface area (Å²) < 4.78 is 0. The summed E-state index contributed by atoms with van der Waals surface area (Å²) in [5, 5.41) is 3.05. The Bertz CT molecular complexity index is 657. The van der Waals surface area contributed by atoms with Crippen molar-refractivity contribution < 1.29 is 9.59 Å². The number of carbonyl (C=O) groups is 2. The van der Waals surface area contributed by atoms with Crippen molar-refractivity contribution in [2.75, 3.05) is 19.6 Å². The molecule has 2 amide bonds. The fraction of sp³-hybridized carbons (Fsp3) is 0.652. The fourth-order valence-electron chi connectivity index (χ4n) is 4.62. The molecule has 1 saturated carbocycles. The molecular formula is C23H35N3O2. The van der Waals surface area contributed by atoms with Gasteiger partial charge in [0.05, 0.1) is 0 Å². The van der Waals surface area contributed by atoms with Crippen molar-refractivity contribution in [3.8, 4) is 0 Å². The van der Waals surface area contributed by atoms with Gasteiger partial charge in [-0.2, -0.15) is 0 Å². The van der Waals surface area contributed by atoms with Gasteiger partial charge in [-0.3, -0.25) is 9.59 Å². The minimum atomic E-state index is 0.00708. The smallest absolute Gasteiger partial charge is 0.223 e. The van der Waals surface area contributed by atoms with Gasteiger partial charge in [-0.05, 0) is 50.1 Å². The molecule has 0 bridgehead atoms. The number of nitrogens with two attached hydrogens (primary N) is 1. The van der Waals surface area contributed by atoms with Crippen molar-refractivity contribution >= 4 is 11.8 Å². The van der Waals surface area contributed by atoms with Crippen LogP contribution >= 0.6 is 0 Å². The van der Waals surface area contributed by atoms with Crippen LogP contribution in [0.2, 0.25) is 0 Å². The van der Waals surface area contributed by atoms with Crippen molar-refractivity contribution in [3.63, 3.8) is 0 Å². The van der Waals surface area contributed by atoms with Gasteiger partial charge in [0, 0.05) is 32.0 Å². The molecule has 5 nitrogen and oxygen atoms in total.